The Morgan fingerprint density at radius 1 is 1.54 bits per heavy atom. The van der Waals surface area contributed by atoms with Crippen LogP contribution in [0.15, 0.2) is 11.6 Å². The van der Waals surface area contributed by atoms with Crippen molar-refractivity contribution in [1.82, 2.24) is 4.90 Å². The molecule has 0 N–H and O–H groups in total. The van der Waals surface area contributed by atoms with Crippen LogP contribution in [0.4, 0.5) is 4.79 Å². The average Bonchev–Trinajstić information content (AvgIpc) is 2.11. The molecule has 3 heteroatoms. The Balaban J connectivity index is 2.49. The molecule has 0 aromatic rings. The normalized spacial score (nSPS) is 24.6. The lowest BCUT2D eigenvalue weighted by Gasteiger charge is -2.17. The fourth-order valence-corrected chi connectivity index (χ4v) is 1.28. The zero-order valence-electron chi connectivity index (χ0n) is 8.38. The smallest absolute Gasteiger partial charge is 0.409 e. The molecule has 1 aliphatic heterocycles. The summed E-state index contributed by atoms with van der Waals surface area (Å²) in [7, 11) is 1.78. The number of ether oxygens (including phenoxy) is 1. The van der Waals surface area contributed by atoms with Gasteiger partial charge in [-0.3, -0.25) is 0 Å². The molecule has 0 aromatic carbocycles. The van der Waals surface area contributed by atoms with E-state index in [1.165, 1.54) is 5.57 Å². The van der Waals surface area contributed by atoms with Gasteiger partial charge < -0.3 is 9.64 Å². The molecule has 1 aliphatic rings. The molecule has 0 bridgehead atoms. The topological polar surface area (TPSA) is 29.5 Å². The lowest BCUT2D eigenvalue weighted by Crippen LogP contribution is -2.29. The van der Waals surface area contributed by atoms with Gasteiger partial charge in [0.25, 0.3) is 0 Å². The second-order valence-corrected chi connectivity index (χ2v) is 3.48. The lowest BCUT2D eigenvalue weighted by molar-refractivity contribution is 0.111. The van der Waals surface area contributed by atoms with Crippen molar-refractivity contribution in [3.05, 3.63) is 11.6 Å². The summed E-state index contributed by atoms with van der Waals surface area (Å²) in [6.07, 6.45) is 4.97. The van der Waals surface area contributed by atoms with Crippen LogP contribution in [0, 0.1) is 0 Å². The van der Waals surface area contributed by atoms with Gasteiger partial charge in [0.15, 0.2) is 0 Å². The molecule has 0 unspecified atom stereocenters. The summed E-state index contributed by atoms with van der Waals surface area (Å²) < 4.78 is 5.05. The number of carbonyl (C=O) groups is 1. The highest BCUT2D eigenvalue weighted by molar-refractivity contribution is 5.67. The molecular weight excluding hydrogens is 166 g/mol. The number of carbonyl (C=O) groups excluding carboxylic acids is 1. The van der Waals surface area contributed by atoms with Gasteiger partial charge in [-0.25, -0.2) is 4.79 Å². The van der Waals surface area contributed by atoms with Gasteiger partial charge in [-0.15, -0.1) is 0 Å². The van der Waals surface area contributed by atoms with E-state index in [4.69, 9.17) is 4.74 Å². The minimum absolute atomic E-state index is 0.199. The van der Waals surface area contributed by atoms with Crippen LogP contribution in [0.3, 0.4) is 0 Å². The van der Waals surface area contributed by atoms with Crippen molar-refractivity contribution in [2.45, 2.75) is 26.2 Å². The monoisotopic (exact) mass is 183 g/mol. The first kappa shape index (κ1) is 10.1. The van der Waals surface area contributed by atoms with Gasteiger partial charge in [0.1, 0.15) is 0 Å². The summed E-state index contributed by atoms with van der Waals surface area (Å²) >= 11 is 0. The highest BCUT2D eigenvalue weighted by Crippen LogP contribution is 2.07. The predicted octanol–water partition coefficient (Wildman–Crippen LogP) is 2.19. The Bertz CT molecular complexity index is 211. The van der Waals surface area contributed by atoms with Gasteiger partial charge in [-0.1, -0.05) is 11.6 Å². The van der Waals surface area contributed by atoms with Crippen molar-refractivity contribution in [3.8, 4) is 0 Å². The van der Waals surface area contributed by atoms with E-state index in [0.29, 0.717) is 6.61 Å². The Hall–Kier alpha value is -0.990. The molecule has 1 amide bonds. The summed E-state index contributed by atoms with van der Waals surface area (Å²) in [5.41, 5.74) is 1.32. The van der Waals surface area contributed by atoms with Crippen LogP contribution in [-0.4, -0.2) is 31.2 Å². The van der Waals surface area contributed by atoms with Crippen molar-refractivity contribution >= 4 is 6.09 Å². The zero-order valence-corrected chi connectivity index (χ0v) is 8.38. The van der Waals surface area contributed by atoms with E-state index in [1.807, 2.05) is 0 Å². The molecule has 0 radical (unpaired) electrons. The van der Waals surface area contributed by atoms with E-state index in [9.17, 15) is 4.79 Å². The van der Waals surface area contributed by atoms with E-state index >= 15 is 0 Å². The van der Waals surface area contributed by atoms with Crippen LogP contribution in [0.25, 0.3) is 0 Å². The molecule has 1 rings (SSSR count). The second kappa shape index (κ2) is 4.90. The van der Waals surface area contributed by atoms with Crippen LogP contribution < -0.4 is 0 Å². The van der Waals surface area contributed by atoms with Crippen LogP contribution >= 0.6 is 0 Å². The SMILES string of the molecule is C/C1=C/CCCN(C)C(=O)OCC1. The molecule has 0 saturated carbocycles. The summed E-state index contributed by atoms with van der Waals surface area (Å²) in [6.45, 7) is 3.37. The average molecular weight is 183 g/mol. The Morgan fingerprint density at radius 2 is 2.31 bits per heavy atom. The first-order valence-electron chi connectivity index (χ1n) is 4.73. The second-order valence-electron chi connectivity index (χ2n) is 3.48. The quantitative estimate of drug-likeness (QED) is 0.539. The summed E-state index contributed by atoms with van der Waals surface area (Å²) in [6, 6.07) is 0. The van der Waals surface area contributed by atoms with Gasteiger partial charge >= 0.3 is 6.09 Å². The molecule has 0 atom stereocenters. The maximum Gasteiger partial charge on any atom is 0.409 e. The Morgan fingerprint density at radius 3 is 3.08 bits per heavy atom. The van der Waals surface area contributed by atoms with E-state index in [1.54, 1.807) is 11.9 Å². The molecule has 0 aromatic heterocycles. The highest BCUT2D eigenvalue weighted by Gasteiger charge is 2.09. The summed E-state index contributed by atoms with van der Waals surface area (Å²) in [5.74, 6) is 0. The van der Waals surface area contributed by atoms with Gasteiger partial charge in [-0.2, -0.15) is 0 Å². The van der Waals surface area contributed by atoms with E-state index < -0.39 is 0 Å². The number of cyclic esters (lactones) is 1. The van der Waals surface area contributed by atoms with Crippen LogP contribution in [0.5, 0.6) is 0 Å². The third-order valence-electron chi connectivity index (χ3n) is 2.22. The highest BCUT2D eigenvalue weighted by atomic mass is 16.6. The molecule has 0 fully saturated rings. The van der Waals surface area contributed by atoms with Gasteiger partial charge in [0, 0.05) is 20.0 Å². The maximum atomic E-state index is 11.2. The first-order chi connectivity index (χ1) is 6.20. The van der Waals surface area contributed by atoms with Crippen LogP contribution in [0.2, 0.25) is 0 Å². The van der Waals surface area contributed by atoms with E-state index in [0.717, 1.165) is 25.8 Å². The number of allylic oxidation sites excluding steroid dienone is 1. The maximum absolute atomic E-state index is 11.2. The predicted molar refractivity (Wildman–Crippen MR) is 51.6 cm³/mol. The minimum Gasteiger partial charge on any atom is -0.449 e. The molecule has 3 nitrogen and oxygen atoms in total. The summed E-state index contributed by atoms with van der Waals surface area (Å²) in [5, 5.41) is 0. The van der Waals surface area contributed by atoms with Gasteiger partial charge in [-0.05, 0) is 19.8 Å². The van der Waals surface area contributed by atoms with Gasteiger partial charge in [0.05, 0.1) is 6.61 Å². The standard InChI is InChI=1S/C10H17NO2/c1-9-5-3-4-7-11(2)10(12)13-8-6-9/h5H,3-4,6-8H2,1-2H3/b9-5-. The van der Waals surface area contributed by atoms with Crippen molar-refractivity contribution in [2.75, 3.05) is 20.2 Å². The molecule has 0 saturated heterocycles. The van der Waals surface area contributed by atoms with Crippen molar-refractivity contribution in [1.29, 1.82) is 0 Å². The number of rotatable bonds is 0. The third-order valence-corrected chi connectivity index (χ3v) is 2.22. The molecule has 13 heavy (non-hydrogen) atoms. The minimum atomic E-state index is -0.199. The van der Waals surface area contributed by atoms with E-state index in [-0.39, 0.29) is 6.09 Å². The van der Waals surface area contributed by atoms with Gasteiger partial charge in [0.2, 0.25) is 0 Å². The molecule has 0 spiro atoms. The Labute approximate surface area is 79.4 Å². The van der Waals surface area contributed by atoms with Crippen LogP contribution in [-0.2, 0) is 4.74 Å². The fourth-order valence-electron chi connectivity index (χ4n) is 1.28. The Kier molecular flexibility index (Phi) is 3.80. The lowest BCUT2D eigenvalue weighted by atomic mass is 10.1. The molecule has 1 heterocycles. The summed E-state index contributed by atoms with van der Waals surface area (Å²) in [4.78, 5) is 12.9. The van der Waals surface area contributed by atoms with Crippen molar-refractivity contribution < 1.29 is 9.53 Å². The number of hydrogen-bond donors (Lipinski definition) is 0. The van der Waals surface area contributed by atoms with E-state index in [2.05, 4.69) is 13.0 Å². The number of nitrogens with zero attached hydrogens (tertiary/aromatic N) is 1. The number of amides is 1. The van der Waals surface area contributed by atoms with Crippen molar-refractivity contribution in [3.63, 3.8) is 0 Å². The number of hydrogen-bond acceptors (Lipinski definition) is 2. The zero-order chi connectivity index (χ0) is 9.68. The molecule has 74 valence electrons. The third kappa shape index (κ3) is 3.49. The fraction of sp³-hybridized carbons (Fsp3) is 0.700. The largest absolute Gasteiger partial charge is 0.449 e. The molecular formula is C10H17NO2. The molecule has 0 aliphatic carbocycles. The van der Waals surface area contributed by atoms with Crippen LogP contribution in [0.1, 0.15) is 26.2 Å². The van der Waals surface area contributed by atoms with Crippen molar-refractivity contribution in [2.24, 2.45) is 0 Å². The first-order valence-corrected chi connectivity index (χ1v) is 4.73.